The van der Waals surface area contributed by atoms with Gasteiger partial charge in [-0.25, -0.2) is 0 Å². The van der Waals surface area contributed by atoms with Crippen LogP contribution in [0.4, 0.5) is 0 Å². The molecule has 4 heteroatoms. The van der Waals surface area contributed by atoms with E-state index in [1.54, 1.807) is 14.2 Å². The van der Waals surface area contributed by atoms with Crippen LogP contribution < -0.4 is 0 Å². The third-order valence-corrected chi connectivity index (χ3v) is 1.35. The summed E-state index contributed by atoms with van der Waals surface area (Å²) in [6, 6.07) is 0. The summed E-state index contributed by atoms with van der Waals surface area (Å²) in [5.41, 5.74) is 0. The molecule has 0 spiro atoms. The van der Waals surface area contributed by atoms with Crippen LogP contribution in [0, 0.1) is 6.92 Å². The smallest absolute Gasteiger partial charge is 0.0822 e. The minimum atomic E-state index is 0.806. The lowest BCUT2D eigenvalue weighted by atomic mass is 10.6. The Morgan fingerprint density at radius 2 is 1.53 bits per heavy atom. The highest BCUT2D eigenvalue weighted by molar-refractivity contribution is 9.09. The van der Waals surface area contributed by atoms with Crippen LogP contribution in [-0.4, -0.2) is 58.3 Å². The van der Waals surface area contributed by atoms with Gasteiger partial charge >= 0.3 is 0 Å². The standard InChI is InChI=1S/C5H13NO.C3H7BrO.C3H7/c1-6(2)4-5-7-3;1-5-3-2-4;1-3-2/h4-5H2,1-3H3;2-3H2,1H3;1,3H2,2H3/q;;+1. The van der Waals surface area contributed by atoms with Gasteiger partial charge in [-0.3, -0.25) is 0 Å². The van der Waals surface area contributed by atoms with Gasteiger partial charge in [-0.1, -0.05) is 15.9 Å². The van der Waals surface area contributed by atoms with Crippen molar-refractivity contribution in [1.29, 1.82) is 0 Å². The van der Waals surface area contributed by atoms with Gasteiger partial charge in [0.2, 0.25) is 0 Å². The van der Waals surface area contributed by atoms with Gasteiger partial charge in [-0.2, -0.15) is 0 Å². The molecule has 0 unspecified atom stereocenters. The molecule has 3 nitrogen and oxygen atoms in total. The number of alkyl halides is 1. The molecule has 0 saturated carbocycles. The SMILES string of the molecule is COCCBr.COCCN(C)C.[CH2+]CC. The van der Waals surface area contributed by atoms with Crippen molar-refractivity contribution in [2.75, 3.05) is 53.4 Å². The van der Waals surface area contributed by atoms with Gasteiger partial charge in [0, 0.05) is 26.1 Å². The van der Waals surface area contributed by atoms with Crippen LogP contribution in [0.1, 0.15) is 13.3 Å². The van der Waals surface area contributed by atoms with Crippen LogP contribution in [0.3, 0.4) is 0 Å². The second kappa shape index (κ2) is 23.8. The van der Waals surface area contributed by atoms with Crippen molar-refractivity contribution in [3.8, 4) is 0 Å². The van der Waals surface area contributed by atoms with E-state index in [-0.39, 0.29) is 0 Å². The van der Waals surface area contributed by atoms with Crippen molar-refractivity contribution >= 4 is 15.9 Å². The fourth-order valence-corrected chi connectivity index (χ4v) is 0.675. The lowest BCUT2D eigenvalue weighted by Gasteiger charge is -2.06. The second-order valence-corrected chi connectivity index (χ2v) is 3.77. The van der Waals surface area contributed by atoms with Crippen molar-refractivity contribution in [3.63, 3.8) is 0 Å². The lowest BCUT2D eigenvalue weighted by molar-refractivity contribution is 0.172. The van der Waals surface area contributed by atoms with Gasteiger partial charge in [-0.05, 0) is 21.0 Å². The maximum absolute atomic E-state index is 4.81. The summed E-state index contributed by atoms with van der Waals surface area (Å²) >= 11 is 3.18. The van der Waals surface area contributed by atoms with Gasteiger partial charge in [0.25, 0.3) is 0 Å². The van der Waals surface area contributed by atoms with E-state index >= 15 is 0 Å². The average Bonchev–Trinajstić information content (AvgIpc) is 2.18. The van der Waals surface area contributed by atoms with Crippen LogP contribution >= 0.6 is 15.9 Å². The number of hydrogen-bond acceptors (Lipinski definition) is 3. The molecule has 0 fully saturated rings. The molecule has 0 aromatic carbocycles. The summed E-state index contributed by atoms with van der Waals surface area (Å²) in [5, 5.41) is 0.934. The first kappa shape index (κ1) is 20.6. The van der Waals surface area contributed by atoms with Crippen molar-refractivity contribution < 1.29 is 9.47 Å². The van der Waals surface area contributed by atoms with E-state index < -0.39 is 0 Å². The Morgan fingerprint density at radius 1 is 1.13 bits per heavy atom. The normalized spacial score (nSPS) is 8.73. The third kappa shape index (κ3) is 54.8. The molecular weight excluding hydrogens is 258 g/mol. The molecule has 0 atom stereocenters. The van der Waals surface area contributed by atoms with Crippen LogP contribution in [-0.2, 0) is 9.47 Å². The van der Waals surface area contributed by atoms with Crippen LogP contribution in [0.5, 0.6) is 0 Å². The molecule has 0 saturated heterocycles. The molecule has 0 aromatic rings. The maximum Gasteiger partial charge on any atom is 0.0822 e. The zero-order valence-electron chi connectivity index (χ0n) is 10.9. The van der Waals surface area contributed by atoms with E-state index in [9.17, 15) is 0 Å². The molecule has 0 aromatic heterocycles. The minimum absolute atomic E-state index is 0.806. The Balaban J connectivity index is -0.000000158. The number of nitrogens with zero attached hydrogens (tertiary/aromatic N) is 1. The van der Waals surface area contributed by atoms with Gasteiger partial charge < -0.3 is 14.4 Å². The van der Waals surface area contributed by atoms with Crippen molar-refractivity contribution in [2.24, 2.45) is 0 Å². The van der Waals surface area contributed by atoms with Crippen LogP contribution in [0.15, 0.2) is 0 Å². The molecule has 94 valence electrons. The van der Waals surface area contributed by atoms with Gasteiger partial charge in [0.15, 0.2) is 0 Å². The Kier molecular flexibility index (Phi) is 32.7. The first-order valence-corrected chi connectivity index (χ1v) is 6.20. The first-order valence-electron chi connectivity index (χ1n) is 5.08. The molecular formula is C11H27BrNO2+. The van der Waals surface area contributed by atoms with Crippen molar-refractivity contribution in [3.05, 3.63) is 6.92 Å². The van der Waals surface area contributed by atoms with Gasteiger partial charge in [-0.15, -0.1) is 0 Å². The third-order valence-electron chi connectivity index (χ3n) is 1.02. The molecule has 0 radical (unpaired) electrons. The minimum Gasteiger partial charge on any atom is -0.384 e. The summed E-state index contributed by atoms with van der Waals surface area (Å²) in [6.45, 7) is 8.14. The van der Waals surface area contributed by atoms with Crippen LogP contribution in [0.25, 0.3) is 0 Å². The highest BCUT2D eigenvalue weighted by atomic mass is 79.9. The summed E-state index contributed by atoms with van der Waals surface area (Å²) in [5.74, 6) is 0. The zero-order valence-corrected chi connectivity index (χ0v) is 12.5. The van der Waals surface area contributed by atoms with E-state index in [4.69, 9.17) is 4.74 Å². The maximum atomic E-state index is 4.81. The average molecular weight is 285 g/mol. The highest BCUT2D eigenvalue weighted by Crippen LogP contribution is 1.75. The zero-order chi connectivity index (χ0) is 12.5. The van der Waals surface area contributed by atoms with E-state index in [1.807, 2.05) is 21.0 Å². The van der Waals surface area contributed by atoms with E-state index in [2.05, 4.69) is 32.5 Å². The van der Waals surface area contributed by atoms with Crippen molar-refractivity contribution in [1.82, 2.24) is 4.90 Å². The molecule has 0 heterocycles. The number of ether oxygens (including phenoxy) is 2. The fraction of sp³-hybridized carbons (Fsp3) is 0.909. The quantitative estimate of drug-likeness (QED) is 0.572. The van der Waals surface area contributed by atoms with E-state index in [1.165, 1.54) is 0 Å². The summed E-state index contributed by atoms with van der Waals surface area (Å²) in [4.78, 5) is 2.09. The first-order chi connectivity index (χ1) is 7.10. The summed E-state index contributed by atoms with van der Waals surface area (Å²) in [7, 11) is 7.45. The van der Waals surface area contributed by atoms with Gasteiger partial charge in [0.05, 0.1) is 26.6 Å². The number of hydrogen-bond donors (Lipinski definition) is 0. The van der Waals surface area contributed by atoms with E-state index in [0.717, 1.165) is 31.5 Å². The molecule has 15 heavy (non-hydrogen) atoms. The molecule has 0 bridgehead atoms. The fourth-order valence-electron chi connectivity index (χ4n) is 0.351. The highest BCUT2D eigenvalue weighted by Gasteiger charge is 1.83. The number of rotatable bonds is 5. The van der Waals surface area contributed by atoms with Crippen molar-refractivity contribution in [2.45, 2.75) is 13.3 Å². The Labute approximate surface area is 104 Å². The molecule has 0 amide bonds. The molecule has 0 N–H and O–H groups in total. The largest absolute Gasteiger partial charge is 0.384 e. The molecule has 0 aliphatic heterocycles. The number of methoxy groups -OCH3 is 2. The summed E-state index contributed by atoms with van der Waals surface area (Å²) < 4.78 is 9.46. The second-order valence-electron chi connectivity index (χ2n) is 2.98. The topological polar surface area (TPSA) is 21.7 Å². The Morgan fingerprint density at radius 3 is 1.60 bits per heavy atom. The number of likely N-dealkylation sites (N-methyl/N-ethyl adjacent to an activating group) is 1. The molecule has 0 rings (SSSR count). The van der Waals surface area contributed by atoms with Crippen LogP contribution in [0.2, 0.25) is 0 Å². The lowest BCUT2D eigenvalue weighted by Crippen LogP contribution is -2.16. The summed E-state index contributed by atoms with van der Waals surface area (Å²) in [6.07, 6.45) is 1.00. The predicted molar refractivity (Wildman–Crippen MR) is 71.7 cm³/mol. The monoisotopic (exact) mass is 284 g/mol. The van der Waals surface area contributed by atoms with Gasteiger partial charge in [0.1, 0.15) is 0 Å². The molecule has 0 aliphatic rings. The van der Waals surface area contributed by atoms with E-state index in [0.29, 0.717) is 0 Å². The predicted octanol–water partition coefficient (Wildman–Crippen LogP) is 2.45. The Bertz CT molecular complexity index is 81.0. The molecule has 0 aliphatic carbocycles. The number of halogens is 1. The Hall–Kier alpha value is 0.230.